The minimum atomic E-state index is -0.605. The van der Waals surface area contributed by atoms with E-state index in [1.807, 2.05) is 12.1 Å². The molecule has 144 valence electrons. The zero-order chi connectivity index (χ0) is 19.0. The highest BCUT2D eigenvalue weighted by atomic mass is 19.1. The van der Waals surface area contributed by atoms with Crippen LogP contribution in [-0.2, 0) is 28.9 Å². The summed E-state index contributed by atoms with van der Waals surface area (Å²) in [5.74, 6) is -0.549. The molecular formula is C22H26FNO3. The van der Waals surface area contributed by atoms with Gasteiger partial charge in [-0.3, -0.25) is 4.79 Å². The minimum absolute atomic E-state index is 0.0914. The lowest BCUT2D eigenvalue weighted by Gasteiger charge is -2.26. The van der Waals surface area contributed by atoms with Gasteiger partial charge < -0.3 is 14.4 Å². The molecule has 1 aromatic carbocycles. The van der Waals surface area contributed by atoms with Gasteiger partial charge in [0.25, 0.3) is 0 Å². The number of esters is 1. The Balaban J connectivity index is 1.66. The zero-order valence-corrected chi connectivity index (χ0v) is 15.7. The molecule has 1 aliphatic heterocycles. The molecule has 2 aliphatic rings. The third kappa shape index (κ3) is 3.65. The van der Waals surface area contributed by atoms with Crippen LogP contribution in [0.3, 0.4) is 0 Å². The summed E-state index contributed by atoms with van der Waals surface area (Å²) in [5, 5.41) is 9.85. The Morgan fingerprint density at radius 2 is 1.89 bits per heavy atom. The number of ether oxygens (including phenoxy) is 1. The lowest BCUT2D eigenvalue weighted by atomic mass is 9.91. The number of aliphatic hydroxyl groups is 1. The van der Waals surface area contributed by atoms with E-state index in [2.05, 4.69) is 11.5 Å². The van der Waals surface area contributed by atoms with E-state index in [-0.39, 0.29) is 24.3 Å². The SMILES string of the molecule is Cc1c2c(c(-c3ccc(F)cc3)n1CC[C@@H]1C[C@@H](O)CC(=O)O1)CCCC2. The number of aromatic nitrogens is 1. The summed E-state index contributed by atoms with van der Waals surface area (Å²) in [7, 11) is 0. The number of cyclic esters (lactones) is 1. The van der Waals surface area contributed by atoms with E-state index in [0.717, 1.165) is 24.9 Å². The van der Waals surface area contributed by atoms with E-state index in [1.54, 1.807) is 0 Å². The van der Waals surface area contributed by atoms with Gasteiger partial charge in [0.2, 0.25) is 0 Å². The summed E-state index contributed by atoms with van der Waals surface area (Å²) in [5.41, 5.74) is 6.26. The monoisotopic (exact) mass is 371 g/mol. The second kappa shape index (κ2) is 7.47. The molecule has 2 atom stereocenters. The molecule has 4 rings (SSSR count). The first-order valence-electron chi connectivity index (χ1n) is 9.87. The molecule has 5 heteroatoms. The van der Waals surface area contributed by atoms with Crippen molar-refractivity contribution in [1.29, 1.82) is 0 Å². The lowest BCUT2D eigenvalue weighted by Crippen LogP contribution is -2.33. The molecule has 0 unspecified atom stereocenters. The molecule has 0 saturated carbocycles. The summed E-state index contributed by atoms with van der Waals surface area (Å²) in [4.78, 5) is 11.6. The van der Waals surface area contributed by atoms with Gasteiger partial charge in [-0.05, 0) is 73.6 Å². The number of halogens is 1. The maximum Gasteiger partial charge on any atom is 0.308 e. The van der Waals surface area contributed by atoms with Gasteiger partial charge in [0.1, 0.15) is 11.9 Å². The summed E-state index contributed by atoms with van der Waals surface area (Å²) in [6.45, 7) is 2.87. The van der Waals surface area contributed by atoms with Gasteiger partial charge in [0.15, 0.2) is 0 Å². The smallest absolute Gasteiger partial charge is 0.308 e. The van der Waals surface area contributed by atoms with Crippen LogP contribution in [0.4, 0.5) is 4.39 Å². The molecule has 4 nitrogen and oxygen atoms in total. The Bertz CT molecular complexity index is 840. The molecule has 0 radical (unpaired) electrons. The number of carbonyl (C=O) groups excluding carboxylic acids is 1. The molecular weight excluding hydrogens is 345 g/mol. The van der Waals surface area contributed by atoms with Crippen LogP contribution in [0.25, 0.3) is 11.3 Å². The van der Waals surface area contributed by atoms with E-state index < -0.39 is 6.10 Å². The normalized spacial score (nSPS) is 22.4. The van der Waals surface area contributed by atoms with Crippen LogP contribution in [0.1, 0.15) is 48.9 Å². The van der Waals surface area contributed by atoms with Gasteiger partial charge in [-0.15, -0.1) is 0 Å². The zero-order valence-electron chi connectivity index (χ0n) is 15.7. The van der Waals surface area contributed by atoms with Gasteiger partial charge in [0.05, 0.1) is 18.2 Å². The second-order valence-electron chi connectivity index (χ2n) is 7.75. The molecule has 0 bridgehead atoms. The second-order valence-corrected chi connectivity index (χ2v) is 7.75. The van der Waals surface area contributed by atoms with E-state index in [4.69, 9.17) is 4.74 Å². The average molecular weight is 371 g/mol. The number of hydrogen-bond acceptors (Lipinski definition) is 3. The molecule has 27 heavy (non-hydrogen) atoms. The van der Waals surface area contributed by atoms with Gasteiger partial charge in [-0.1, -0.05) is 0 Å². The highest BCUT2D eigenvalue weighted by Gasteiger charge is 2.28. The maximum absolute atomic E-state index is 13.4. The van der Waals surface area contributed by atoms with Crippen molar-refractivity contribution >= 4 is 5.97 Å². The molecule has 1 fully saturated rings. The lowest BCUT2D eigenvalue weighted by molar-refractivity contribution is -0.160. The Hall–Kier alpha value is -2.14. The first kappa shape index (κ1) is 18.2. The third-order valence-electron chi connectivity index (χ3n) is 5.89. The predicted molar refractivity (Wildman–Crippen MR) is 101 cm³/mol. The number of aliphatic hydroxyl groups excluding tert-OH is 1. The molecule has 1 N–H and O–H groups in total. The Labute approximate surface area is 159 Å². The van der Waals surface area contributed by atoms with Crippen molar-refractivity contribution in [3.05, 3.63) is 46.9 Å². The maximum atomic E-state index is 13.4. The van der Waals surface area contributed by atoms with Crippen molar-refractivity contribution < 1.29 is 19.0 Å². The van der Waals surface area contributed by atoms with Gasteiger partial charge in [-0.2, -0.15) is 0 Å². The molecule has 0 amide bonds. The van der Waals surface area contributed by atoms with Gasteiger partial charge in [-0.25, -0.2) is 4.39 Å². The van der Waals surface area contributed by atoms with Crippen molar-refractivity contribution in [1.82, 2.24) is 4.57 Å². The largest absolute Gasteiger partial charge is 0.462 e. The van der Waals surface area contributed by atoms with Crippen molar-refractivity contribution in [2.45, 2.75) is 70.6 Å². The molecule has 1 aliphatic carbocycles. The fraction of sp³-hybridized carbons (Fsp3) is 0.500. The number of nitrogens with zero attached hydrogens (tertiary/aromatic N) is 1. The van der Waals surface area contributed by atoms with E-state index >= 15 is 0 Å². The van der Waals surface area contributed by atoms with E-state index in [0.29, 0.717) is 12.8 Å². The van der Waals surface area contributed by atoms with Crippen LogP contribution < -0.4 is 0 Å². The Morgan fingerprint density at radius 1 is 1.19 bits per heavy atom. The van der Waals surface area contributed by atoms with Crippen LogP contribution in [0.2, 0.25) is 0 Å². The summed E-state index contributed by atoms with van der Waals surface area (Å²) in [6, 6.07) is 6.72. The van der Waals surface area contributed by atoms with Crippen LogP contribution >= 0.6 is 0 Å². The van der Waals surface area contributed by atoms with Crippen molar-refractivity contribution in [3.8, 4) is 11.3 Å². The standard InChI is InChI=1S/C22H26FNO3/c1-14-19-4-2-3-5-20(19)22(15-6-8-16(23)9-7-15)24(14)11-10-18-12-17(25)13-21(26)27-18/h6-9,17-18,25H,2-5,10-13H2,1H3/t17-,18-/m1/s1. The molecule has 1 aromatic heterocycles. The molecule has 1 saturated heterocycles. The van der Waals surface area contributed by atoms with Crippen LogP contribution in [0, 0.1) is 12.7 Å². The quantitative estimate of drug-likeness (QED) is 0.829. The number of benzene rings is 1. The fourth-order valence-corrected chi connectivity index (χ4v) is 4.59. The van der Waals surface area contributed by atoms with Crippen LogP contribution in [0.5, 0.6) is 0 Å². The highest BCUT2D eigenvalue weighted by molar-refractivity contribution is 5.71. The predicted octanol–water partition coefficient (Wildman–Crippen LogP) is 3.94. The number of rotatable bonds is 4. The van der Waals surface area contributed by atoms with E-state index in [9.17, 15) is 14.3 Å². The summed E-state index contributed by atoms with van der Waals surface area (Å²) in [6.07, 6.45) is 4.92. The molecule has 2 aromatic rings. The Kier molecular flexibility index (Phi) is 5.04. The van der Waals surface area contributed by atoms with Crippen molar-refractivity contribution in [2.75, 3.05) is 0 Å². The number of hydrogen-bond donors (Lipinski definition) is 1. The first-order valence-corrected chi connectivity index (χ1v) is 9.87. The van der Waals surface area contributed by atoms with Gasteiger partial charge >= 0.3 is 5.97 Å². The highest BCUT2D eigenvalue weighted by Crippen LogP contribution is 2.37. The Morgan fingerprint density at radius 3 is 2.59 bits per heavy atom. The average Bonchev–Trinajstić information content (AvgIpc) is 2.92. The summed E-state index contributed by atoms with van der Waals surface area (Å²) < 4.78 is 21.2. The topological polar surface area (TPSA) is 51.5 Å². The van der Waals surface area contributed by atoms with E-state index in [1.165, 1.54) is 47.5 Å². The third-order valence-corrected chi connectivity index (χ3v) is 5.89. The van der Waals surface area contributed by atoms with Gasteiger partial charge in [0, 0.05) is 25.1 Å². The van der Waals surface area contributed by atoms with Crippen LogP contribution in [0.15, 0.2) is 24.3 Å². The molecule has 0 spiro atoms. The summed E-state index contributed by atoms with van der Waals surface area (Å²) >= 11 is 0. The molecule has 2 heterocycles. The number of fused-ring (bicyclic) bond motifs is 1. The first-order chi connectivity index (χ1) is 13.0. The number of carbonyl (C=O) groups is 1. The van der Waals surface area contributed by atoms with Crippen LogP contribution in [-0.4, -0.2) is 27.9 Å². The van der Waals surface area contributed by atoms with Crippen molar-refractivity contribution in [3.63, 3.8) is 0 Å². The fourth-order valence-electron chi connectivity index (χ4n) is 4.59. The van der Waals surface area contributed by atoms with Crippen molar-refractivity contribution in [2.24, 2.45) is 0 Å². The minimum Gasteiger partial charge on any atom is -0.462 e.